The molecule has 2 nitrogen and oxygen atoms in total. The smallest absolute Gasteiger partial charge is 0.137 e. The highest BCUT2D eigenvalue weighted by atomic mass is 79.9. The first-order chi connectivity index (χ1) is 8.22. The Morgan fingerprint density at radius 3 is 2.35 bits per heavy atom. The minimum Gasteiger partial charge on any atom is -0.271 e. The Bertz CT molecular complexity index is 502. The molecule has 1 unspecified atom stereocenters. The van der Waals surface area contributed by atoms with Crippen molar-refractivity contribution in [3.8, 4) is 0 Å². The molecule has 0 aliphatic rings. The van der Waals surface area contributed by atoms with Gasteiger partial charge in [0.25, 0.3) is 0 Å². The minimum absolute atomic E-state index is 0.209. The molecule has 0 aliphatic heterocycles. The van der Waals surface area contributed by atoms with Gasteiger partial charge in [-0.25, -0.2) is 9.82 Å². The van der Waals surface area contributed by atoms with Crippen molar-refractivity contribution in [2.75, 3.05) is 0 Å². The highest BCUT2D eigenvalue weighted by Gasteiger charge is 2.13. The maximum Gasteiger partial charge on any atom is 0.137 e. The third kappa shape index (κ3) is 2.72. The van der Waals surface area contributed by atoms with E-state index in [1.807, 2.05) is 36.4 Å². The molecule has 0 spiro atoms. The Hall–Kier alpha value is -1.23. The van der Waals surface area contributed by atoms with E-state index in [4.69, 9.17) is 5.84 Å². The van der Waals surface area contributed by atoms with Crippen molar-refractivity contribution in [2.24, 2.45) is 5.84 Å². The number of hydrazine groups is 1. The van der Waals surface area contributed by atoms with E-state index in [1.54, 1.807) is 6.07 Å². The maximum absolute atomic E-state index is 13.5. The van der Waals surface area contributed by atoms with Gasteiger partial charge in [0.15, 0.2) is 0 Å². The fraction of sp³-hybridized carbons (Fsp3) is 0.0769. The summed E-state index contributed by atoms with van der Waals surface area (Å²) in [5, 5.41) is 0. The molecular weight excluding hydrogens is 283 g/mol. The van der Waals surface area contributed by atoms with Gasteiger partial charge < -0.3 is 0 Å². The molecule has 2 aromatic rings. The van der Waals surface area contributed by atoms with Crippen molar-refractivity contribution in [2.45, 2.75) is 6.04 Å². The average molecular weight is 295 g/mol. The molecule has 3 N–H and O–H groups in total. The lowest BCUT2D eigenvalue weighted by Crippen LogP contribution is -2.28. The SMILES string of the molecule is NNC(c1ccccc1)c1ccc(Br)c(F)c1. The summed E-state index contributed by atoms with van der Waals surface area (Å²) in [5.41, 5.74) is 4.49. The number of halogens is 2. The first-order valence-corrected chi connectivity index (χ1v) is 5.97. The average Bonchev–Trinajstić information content (AvgIpc) is 2.36. The quantitative estimate of drug-likeness (QED) is 0.674. The third-order valence-electron chi connectivity index (χ3n) is 2.58. The van der Waals surface area contributed by atoms with Crippen LogP contribution in [0, 0.1) is 5.82 Å². The van der Waals surface area contributed by atoms with E-state index in [-0.39, 0.29) is 11.9 Å². The van der Waals surface area contributed by atoms with Gasteiger partial charge in [-0.1, -0.05) is 36.4 Å². The summed E-state index contributed by atoms with van der Waals surface area (Å²) in [7, 11) is 0. The van der Waals surface area contributed by atoms with Gasteiger partial charge in [0.2, 0.25) is 0 Å². The monoisotopic (exact) mass is 294 g/mol. The summed E-state index contributed by atoms with van der Waals surface area (Å²) in [6.07, 6.45) is 0. The standard InChI is InChI=1S/C13H12BrFN2/c14-11-7-6-10(8-12(11)15)13(17-16)9-4-2-1-3-5-9/h1-8,13,17H,16H2. The molecular formula is C13H12BrFN2. The van der Waals surface area contributed by atoms with Crippen LogP contribution in [0.1, 0.15) is 17.2 Å². The molecule has 4 heteroatoms. The van der Waals surface area contributed by atoms with Crippen LogP contribution in [-0.4, -0.2) is 0 Å². The van der Waals surface area contributed by atoms with Crippen molar-refractivity contribution < 1.29 is 4.39 Å². The van der Waals surface area contributed by atoms with Crippen LogP contribution in [0.5, 0.6) is 0 Å². The van der Waals surface area contributed by atoms with Gasteiger partial charge in [0.05, 0.1) is 10.5 Å². The second-order valence-electron chi connectivity index (χ2n) is 3.68. The number of nitrogens with one attached hydrogen (secondary N) is 1. The molecule has 0 aliphatic carbocycles. The fourth-order valence-electron chi connectivity index (χ4n) is 1.72. The number of hydrogen-bond acceptors (Lipinski definition) is 2. The van der Waals surface area contributed by atoms with Crippen molar-refractivity contribution >= 4 is 15.9 Å². The fourth-order valence-corrected chi connectivity index (χ4v) is 1.97. The molecule has 0 saturated heterocycles. The van der Waals surface area contributed by atoms with Crippen LogP contribution in [0.25, 0.3) is 0 Å². The second-order valence-corrected chi connectivity index (χ2v) is 4.54. The number of rotatable bonds is 3. The normalized spacial score (nSPS) is 12.4. The molecule has 0 aromatic heterocycles. The zero-order valence-corrected chi connectivity index (χ0v) is 10.6. The largest absolute Gasteiger partial charge is 0.271 e. The van der Waals surface area contributed by atoms with E-state index in [1.165, 1.54) is 6.07 Å². The van der Waals surface area contributed by atoms with E-state index >= 15 is 0 Å². The van der Waals surface area contributed by atoms with Gasteiger partial charge in [0, 0.05) is 0 Å². The van der Waals surface area contributed by atoms with E-state index in [9.17, 15) is 4.39 Å². The molecule has 0 saturated carbocycles. The lowest BCUT2D eigenvalue weighted by Gasteiger charge is -2.17. The lowest BCUT2D eigenvalue weighted by molar-refractivity contribution is 0.600. The second kappa shape index (κ2) is 5.40. The van der Waals surface area contributed by atoms with E-state index < -0.39 is 0 Å². The summed E-state index contributed by atoms with van der Waals surface area (Å²) in [5.74, 6) is 5.25. The topological polar surface area (TPSA) is 38.0 Å². The van der Waals surface area contributed by atoms with E-state index in [2.05, 4.69) is 21.4 Å². The maximum atomic E-state index is 13.5. The van der Waals surface area contributed by atoms with Crippen molar-refractivity contribution in [1.29, 1.82) is 0 Å². The number of hydrogen-bond donors (Lipinski definition) is 2. The van der Waals surface area contributed by atoms with Gasteiger partial charge in [-0.3, -0.25) is 5.84 Å². The molecule has 88 valence electrons. The molecule has 2 rings (SSSR count). The van der Waals surface area contributed by atoms with Crippen LogP contribution in [0.4, 0.5) is 4.39 Å². The Balaban J connectivity index is 2.39. The molecule has 0 radical (unpaired) electrons. The zero-order chi connectivity index (χ0) is 12.3. The van der Waals surface area contributed by atoms with Crippen LogP contribution < -0.4 is 11.3 Å². The van der Waals surface area contributed by atoms with Crippen molar-refractivity contribution in [3.63, 3.8) is 0 Å². The lowest BCUT2D eigenvalue weighted by atomic mass is 9.99. The van der Waals surface area contributed by atoms with Crippen LogP contribution in [-0.2, 0) is 0 Å². The van der Waals surface area contributed by atoms with Gasteiger partial charge in [-0.2, -0.15) is 0 Å². The van der Waals surface area contributed by atoms with Crippen molar-refractivity contribution in [1.82, 2.24) is 5.43 Å². The first kappa shape index (κ1) is 12.2. The summed E-state index contributed by atoms with van der Waals surface area (Å²) >= 11 is 3.13. The van der Waals surface area contributed by atoms with Gasteiger partial charge >= 0.3 is 0 Å². The highest BCUT2D eigenvalue weighted by molar-refractivity contribution is 9.10. The molecule has 17 heavy (non-hydrogen) atoms. The molecule has 2 aromatic carbocycles. The predicted molar refractivity (Wildman–Crippen MR) is 69.7 cm³/mol. The molecule has 0 amide bonds. The van der Waals surface area contributed by atoms with Gasteiger partial charge in [-0.15, -0.1) is 0 Å². The Morgan fingerprint density at radius 1 is 1.06 bits per heavy atom. The minimum atomic E-state index is -0.293. The Labute approximate surface area is 108 Å². The Morgan fingerprint density at radius 2 is 1.76 bits per heavy atom. The van der Waals surface area contributed by atoms with E-state index in [0.717, 1.165) is 11.1 Å². The number of nitrogens with two attached hydrogens (primary N) is 1. The van der Waals surface area contributed by atoms with Gasteiger partial charge in [0.1, 0.15) is 5.82 Å². The van der Waals surface area contributed by atoms with Crippen LogP contribution in [0.2, 0.25) is 0 Å². The summed E-state index contributed by atoms with van der Waals surface area (Å²) < 4.78 is 13.9. The Kier molecular flexibility index (Phi) is 3.89. The summed E-state index contributed by atoms with van der Waals surface area (Å²) in [4.78, 5) is 0. The van der Waals surface area contributed by atoms with Gasteiger partial charge in [-0.05, 0) is 39.2 Å². The third-order valence-corrected chi connectivity index (χ3v) is 3.22. The molecule has 1 atom stereocenters. The molecule has 0 heterocycles. The van der Waals surface area contributed by atoms with Crippen molar-refractivity contribution in [3.05, 3.63) is 69.9 Å². The first-order valence-electron chi connectivity index (χ1n) is 5.18. The zero-order valence-electron chi connectivity index (χ0n) is 9.03. The van der Waals surface area contributed by atoms with Crippen LogP contribution in [0.15, 0.2) is 53.0 Å². The predicted octanol–water partition coefficient (Wildman–Crippen LogP) is 3.14. The molecule has 0 fully saturated rings. The molecule has 0 bridgehead atoms. The summed E-state index contributed by atoms with van der Waals surface area (Å²) in [6, 6.07) is 14.5. The highest BCUT2D eigenvalue weighted by Crippen LogP contribution is 2.24. The van der Waals surface area contributed by atoms with E-state index in [0.29, 0.717) is 4.47 Å². The summed E-state index contributed by atoms with van der Waals surface area (Å²) in [6.45, 7) is 0. The van der Waals surface area contributed by atoms with Crippen LogP contribution in [0.3, 0.4) is 0 Å². The van der Waals surface area contributed by atoms with Crippen LogP contribution >= 0.6 is 15.9 Å². The number of benzene rings is 2.